The summed E-state index contributed by atoms with van der Waals surface area (Å²) < 4.78 is 12.7. The number of rotatable bonds is 3. The number of hydrogen-bond donors (Lipinski definition) is 1. The van der Waals surface area contributed by atoms with Crippen LogP contribution in [-0.2, 0) is 4.79 Å². The third kappa shape index (κ3) is 2.87. The molecular weight excluding hydrogens is 205 g/mol. The predicted molar refractivity (Wildman–Crippen MR) is 49.7 cm³/mol. The first-order chi connectivity index (χ1) is 7.00. The molecule has 1 aromatic rings. The molecule has 0 bridgehead atoms. The van der Waals surface area contributed by atoms with Crippen molar-refractivity contribution >= 4 is 17.7 Å². The van der Waals surface area contributed by atoms with Gasteiger partial charge in [-0.3, -0.25) is 10.1 Å². The van der Waals surface area contributed by atoms with E-state index >= 15 is 0 Å². The van der Waals surface area contributed by atoms with E-state index in [0.717, 1.165) is 24.3 Å². The highest BCUT2D eigenvalue weighted by Gasteiger charge is 2.11. The third-order valence-electron chi connectivity index (χ3n) is 1.59. The van der Waals surface area contributed by atoms with Gasteiger partial charge in [-0.15, -0.1) is 0 Å². The van der Waals surface area contributed by atoms with Crippen LogP contribution in [0.5, 0.6) is 0 Å². The van der Waals surface area contributed by atoms with Crippen molar-refractivity contribution < 1.29 is 19.2 Å². The molecule has 0 saturated carbocycles. The Morgan fingerprint density at radius 1 is 1.53 bits per heavy atom. The Bertz CT molecular complexity index is 442. The second kappa shape index (κ2) is 4.32. The van der Waals surface area contributed by atoms with Crippen LogP contribution in [-0.4, -0.2) is 16.0 Å². The summed E-state index contributed by atoms with van der Waals surface area (Å²) in [5.74, 6) is -1.92. The molecule has 0 atom stereocenters. The first kappa shape index (κ1) is 10.8. The Balaban J connectivity index is 3.18. The van der Waals surface area contributed by atoms with Gasteiger partial charge in [-0.1, -0.05) is 0 Å². The van der Waals surface area contributed by atoms with Crippen LogP contribution in [0.15, 0.2) is 24.3 Å². The molecule has 0 radical (unpaired) electrons. The summed E-state index contributed by atoms with van der Waals surface area (Å²) in [6.45, 7) is 0. The number of nitro benzene ring substituents is 1. The zero-order chi connectivity index (χ0) is 11.4. The van der Waals surface area contributed by atoms with Crippen LogP contribution in [0, 0.1) is 15.9 Å². The van der Waals surface area contributed by atoms with Crippen molar-refractivity contribution in [3.63, 3.8) is 0 Å². The van der Waals surface area contributed by atoms with Crippen LogP contribution >= 0.6 is 0 Å². The summed E-state index contributed by atoms with van der Waals surface area (Å²) >= 11 is 0. The average Bonchev–Trinajstić information content (AvgIpc) is 2.14. The molecule has 0 aliphatic heterocycles. The molecule has 1 N–H and O–H groups in total. The van der Waals surface area contributed by atoms with Crippen LogP contribution in [0.4, 0.5) is 10.1 Å². The number of nitrogens with zero attached hydrogens (tertiary/aromatic N) is 1. The molecule has 0 saturated heterocycles. The molecule has 5 nitrogen and oxygen atoms in total. The fourth-order valence-electron chi connectivity index (χ4n) is 0.986. The molecule has 15 heavy (non-hydrogen) atoms. The Morgan fingerprint density at radius 3 is 2.73 bits per heavy atom. The van der Waals surface area contributed by atoms with Gasteiger partial charge in [0.05, 0.1) is 10.5 Å². The second-order valence-electron chi connectivity index (χ2n) is 2.63. The fourth-order valence-corrected chi connectivity index (χ4v) is 0.986. The lowest BCUT2D eigenvalue weighted by Crippen LogP contribution is -1.93. The Hall–Kier alpha value is -2.24. The number of hydrogen-bond acceptors (Lipinski definition) is 3. The van der Waals surface area contributed by atoms with Crippen molar-refractivity contribution in [2.75, 3.05) is 0 Å². The van der Waals surface area contributed by atoms with Crippen molar-refractivity contribution in [1.29, 1.82) is 0 Å². The number of carboxylic acid groups (broad SMARTS) is 1. The molecule has 0 aliphatic rings. The van der Waals surface area contributed by atoms with Crippen LogP contribution in [0.2, 0.25) is 0 Å². The van der Waals surface area contributed by atoms with Gasteiger partial charge in [0.15, 0.2) is 0 Å². The van der Waals surface area contributed by atoms with Crippen LogP contribution < -0.4 is 0 Å². The summed E-state index contributed by atoms with van der Waals surface area (Å²) in [5, 5.41) is 18.8. The number of aliphatic carboxylic acids is 1. The van der Waals surface area contributed by atoms with E-state index in [9.17, 15) is 19.3 Å². The van der Waals surface area contributed by atoms with Gasteiger partial charge >= 0.3 is 5.97 Å². The van der Waals surface area contributed by atoms with Gasteiger partial charge in [0.25, 0.3) is 5.69 Å². The highest BCUT2D eigenvalue weighted by molar-refractivity contribution is 5.86. The lowest BCUT2D eigenvalue weighted by molar-refractivity contribution is -0.385. The monoisotopic (exact) mass is 211 g/mol. The summed E-state index contributed by atoms with van der Waals surface area (Å²) in [4.78, 5) is 20.0. The smallest absolute Gasteiger partial charge is 0.328 e. The molecule has 0 spiro atoms. The summed E-state index contributed by atoms with van der Waals surface area (Å²) in [6.07, 6.45) is 1.69. The fraction of sp³-hybridized carbons (Fsp3) is 0. The van der Waals surface area contributed by atoms with Crippen molar-refractivity contribution in [2.24, 2.45) is 0 Å². The molecule has 1 rings (SSSR count). The first-order valence-electron chi connectivity index (χ1n) is 3.85. The van der Waals surface area contributed by atoms with Gasteiger partial charge in [-0.25, -0.2) is 9.18 Å². The van der Waals surface area contributed by atoms with E-state index in [0.29, 0.717) is 6.08 Å². The molecule has 0 heterocycles. The quantitative estimate of drug-likeness (QED) is 0.469. The number of carboxylic acids is 1. The van der Waals surface area contributed by atoms with Crippen molar-refractivity contribution in [1.82, 2.24) is 0 Å². The highest BCUT2D eigenvalue weighted by Crippen LogP contribution is 2.20. The largest absolute Gasteiger partial charge is 0.478 e. The first-order valence-corrected chi connectivity index (χ1v) is 3.85. The number of benzene rings is 1. The summed E-state index contributed by atoms with van der Waals surface area (Å²) in [7, 11) is 0. The van der Waals surface area contributed by atoms with Crippen molar-refractivity contribution in [3.8, 4) is 0 Å². The minimum atomic E-state index is -1.26. The van der Waals surface area contributed by atoms with Crippen molar-refractivity contribution in [2.45, 2.75) is 0 Å². The van der Waals surface area contributed by atoms with Crippen LogP contribution in [0.1, 0.15) is 5.56 Å². The van der Waals surface area contributed by atoms with E-state index in [1.807, 2.05) is 0 Å². The van der Waals surface area contributed by atoms with E-state index in [1.165, 1.54) is 0 Å². The molecule has 6 heteroatoms. The molecule has 0 aromatic heterocycles. The van der Waals surface area contributed by atoms with E-state index in [-0.39, 0.29) is 11.3 Å². The van der Waals surface area contributed by atoms with Gasteiger partial charge in [0, 0.05) is 12.1 Å². The maximum atomic E-state index is 12.7. The maximum Gasteiger partial charge on any atom is 0.328 e. The van der Waals surface area contributed by atoms with Crippen LogP contribution in [0.3, 0.4) is 0 Å². The normalized spacial score (nSPS) is 10.5. The zero-order valence-electron chi connectivity index (χ0n) is 7.38. The van der Waals surface area contributed by atoms with E-state index in [4.69, 9.17) is 5.11 Å². The van der Waals surface area contributed by atoms with Crippen molar-refractivity contribution in [3.05, 3.63) is 45.8 Å². The van der Waals surface area contributed by atoms with E-state index in [1.54, 1.807) is 0 Å². The minimum absolute atomic E-state index is 0.0811. The lowest BCUT2D eigenvalue weighted by Gasteiger charge is -1.96. The van der Waals surface area contributed by atoms with Gasteiger partial charge in [-0.2, -0.15) is 0 Å². The topological polar surface area (TPSA) is 80.4 Å². The number of carbonyl (C=O) groups is 1. The summed E-state index contributed by atoms with van der Waals surface area (Å²) in [5.41, 5.74) is -0.420. The third-order valence-corrected chi connectivity index (χ3v) is 1.59. The molecule has 0 unspecified atom stereocenters. The zero-order valence-corrected chi connectivity index (χ0v) is 7.38. The SMILES string of the molecule is O=C(O)C=Cc1cc(F)ccc1[N+](=O)[O-]. The van der Waals surface area contributed by atoms with Gasteiger partial charge in [0.2, 0.25) is 0 Å². The van der Waals surface area contributed by atoms with E-state index < -0.39 is 16.7 Å². The molecule has 0 amide bonds. The molecular formula is C9H6FNO4. The lowest BCUT2D eigenvalue weighted by atomic mass is 10.1. The Morgan fingerprint density at radius 2 is 2.20 bits per heavy atom. The second-order valence-corrected chi connectivity index (χ2v) is 2.63. The Kier molecular flexibility index (Phi) is 3.12. The average molecular weight is 211 g/mol. The van der Waals surface area contributed by atoms with E-state index in [2.05, 4.69) is 0 Å². The molecule has 0 aliphatic carbocycles. The summed E-state index contributed by atoms with van der Waals surface area (Å²) in [6, 6.07) is 2.82. The predicted octanol–water partition coefficient (Wildman–Crippen LogP) is 1.83. The molecule has 78 valence electrons. The highest BCUT2D eigenvalue weighted by atomic mass is 19.1. The van der Waals surface area contributed by atoms with Gasteiger partial charge in [-0.05, 0) is 18.2 Å². The van der Waals surface area contributed by atoms with Gasteiger partial charge < -0.3 is 5.11 Å². The Labute approximate surface area is 83.6 Å². The molecule has 1 aromatic carbocycles. The standard InChI is InChI=1S/C9H6FNO4/c10-7-2-3-8(11(14)15)6(5-7)1-4-9(12)13/h1-5H,(H,12,13). The molecule has 0 fully saturated rings. The van der Waals surface area contributed by atoms with Gasteiger partial charge in [0.1, 0.15) is 5.82 Å². The minimum Gasteiger partial charge on any atom is -0.478 e. The maximum absolute atomic E-state index is 12.7. The van der Waals surface area contributed by atoms with Crippen LogP contribution in [0.25, 0.3) is 6.08 Å². The number of halogens is 1. The number of nitro groups is 1.